The smallest absolute Gasteiger partial charge is 0.0198 e. The zero-order chi connectivity index (χ0) is 10.5. The molecular formula is C12H24N2S. The van der Waals surface area contributed by atoms with Gasteiger partial charge >= 0.3 is 0 Å². The summed E-state index contributed by atoms with van der Waals surface area (Å²) < 4.78 is 0. The van der Waals surface area contributed by atoms with Crippen molar-refractivity contribution in [3.63, 3.8) is 0 Å². The third-order valence-corrected chi connectivity index (χ3v) is 4.80. The molecule has 2 atom stereocenters. The van der Waals surface area contributed by atoms with Crippen LogP contribution in [0.25, 0.3) is 0 Å². The zero-order valence-corrected chi connectivity index (χ0v) is 10.7. The van der Waals surface area contributed by atoms with Crippen LogP contribution < -0.4 is 5.32 Å². The van der Waals surface area contributed by atoms with Gasteiger partial charge in [-0.2, -0.15) is 11.8 Å². The second kappa shape index (κ2) is 6.12. The number of hydrogen-bond acceptors (Lipinski definition) is 3. The Morgan fingerprint density at radius 2 is 2.13 bits per heavy atom. The molecule has 0 spiro atoms. The SMILES string of the molecule is CCN1CCCC(NC2CCCSC2)C1. The van der Waals surface area contributed by atoms with Gasteiger partial charge < -0.3 is 10.2 Å². The van der Waals surface area contributed by atoms with Crippen LogP contribution in [0.1, 0.15) is 32.6 Å². The molecule has 0 aromatic heterocycles. The van der Waals surface area contributed by atoms with Gasteiger partial charge in [0.1, 0.15) is 0 Å². The Hall–Kier alpha value is 0.270. The van der Waals surface area contributed by atoms with Gasteiger partial charge in [0.05, 0.1) is 0 Å². The van der Waals surface area contributed by atoms with E-state index in [0.29, 0.717) is 0 Å². The Balaban J connectivity index is 1.72. The summed E-state index contributed by atoms with van der Waals surface area (Å²) in [5.74, 6) is 2.71. The molecule has 0 aromatic rings. The Morgan fingerprint density at radius 3 is 2.87 bits per heavy atom. The molecule has 2 nitrogen and oxygen atoms in total. The molecule has 0 radical (unpaired) electrons. The van der Waals surface area contributed by atoms with E-state index in [1.54, 1.807) is 0 Å². The number of likely N-dealkylation sites (tertiary alicyclic amines) is 1. The fourth-order valence-corrected chi connectivity index (χ4v) is 3.77. The van der Waals surface area contributed by atoms with Crippen LogP contribution >= 0.6 is 11.8 Å². The van der Waals surface area contributed by atoms with E-state index in [1.807, 2.05) is 0 Å². The summed E-state index contributed by atoms with van der Waals surface area (Å²) in [6.45, 7) is 6.09. The molecule has 15 heavy (non-hydrogen) atoms. The van der Waals surface area contributed by atoms with Crippen LogP contribution in [0.4, 0.5) is 0 Å². The van der Waals surface area contributed by atoms with Gasteiger partial charge in [0.2, 0.25) is 0 Å². The average Bonchev–Trinajstić information content (AvgIpc) is 2.31. The minimum absolute atomic E-state index is 0.766. The standard InChI is InChI=1S/C12H24N2S/c1-2-14-7-3-5-11(9-14)13-12-6-4-8-15-10-12/h11-13H,2-10H2,1H3. The molecule has 2 saturated heterocycles. The predicted molar refractivity (Wildman–Crippen MR) is 68.6 cm³/mol. The molecule has 2 rings (SSSR count). The first kappa shape index (κ1) is 11.7. The monoisotopic (exact) mass is 228 g/mol. The van der Waals surface area contributed by atoms with Crippen LogP contribution in [0.3, 0.4) is 0 Å². The van der Waals surface area contributed by atoms with E-state index in [-0.39, 0.29) is 0 Å². The number of hydrogen-bond donors (Lipinski definition) is 1. The Morgan fingerprint density at radius 1 is 1.27 bits per heavy atom. The second-order valence-electron chi connectivity index (χ2n) is 4.81. The lowest BCUT2D eigenvalue weighted by Crippen LogP contribution is -2.50. The van der Waals surface area contributed by atoms with E-state index in [0.717, 1.165) is 12.1 Å². The molecule has 2 aliphatic heterocycles. The lowest BCUT2D eigenvalue weighted by molar-refractivity contribution is 0.191. The molecule has 2 aliphatic rings. The number of rotatable bonds is 3. The summed E-state index contributed by atoms with van der Waals surface area (Å²) >= 11 is 2.12. The zero-order valence-electron chi connectivity index (χ0n) is 9.87. The van der Waals surface area contributed by atoms with Crippen LogP contribution in [-0.4, -0.2) is 48.1 Å². The highest BCUT2D eigenvalue weighted by Gasteiger charge is 2.22. The summed E-state index contributed by atoms with van der Waals surface area (Å²) in [7, 11) is 0. The number of likely N-dealkylation sites (N-methyl/N-ethyl adjacent to an activating group) is 1. The maximum atomic E-state index is 3.86. The molecule has 2 fully saturated rings. The molecule has 3 heteroatoms. The van der Waals surface area contributed by atoms with Gasteiger partial charge in [0, 0.05) is 24.4 Å². The number of nitrogens with one attached hydrogen (secondary N) is 1. The quantitative estimate of drug-likeness (QED) is 0.795. The van der Waals surface area contributed by atoms with Gasteiger partial charge in [0.15, 0.2) is 0 Å². The van der Waals surface area contributed by atoms with E-state index in [4.69, 9.17) is 0 Å². The van der Waals surface area contributed by atoms with Crippen molar-refractivity contribution in [3.8, 4) is 0 Å². The lowest BCUT2D eigenvalue weighted by atomic mass is 10.0. The minimum atomic E-state index is 0.766. The number of nitrogens with zero attached hydrogens (tertiary/aromatic N) is 1. The first-order chi connectivity index (χ1) is 7.38. The van der Waals surface area contributed by atoms with Crippen molar-refractivity contribution in [3.05, 3.63) is 0 Å². The van der Waals surface area contributed by atoms with Crippen molar-refractivity contribution in [1.82, 2.24) is 10.2 Å². The molecule has 0 bridgehead atoms. The van der Waals surface area contributed by atoms with Crippen molar-refractivity contribution in [2.24, 2.45) is 0 Å². The predicted octanol–water partition coefficient (Wildman–Crippen LogP) is 1.96. The topological polar surface area (TPSA) is 15.3 Å². The van der Waals surface area contributed by atoms with E-state index in [2.05, 4.69) is 28.9 Å². The number of thioether (sulfide) groups is 1. The van der Waals surface area contributed by atoms with Crippen molar-refractivity contribution in [2.45, 2.75) is 44.7 Å². The highest BCUT2D eigenvalue weighted by Crippen LogP contribution is 2.19. The molecule has 88 valence electrons. The van der Waals surface area contributed by atoms with E-state index < -0.39 is 0 Å². The van der Waals surface area contributed by atoms with Crippen LogP contribution in [0, 0.1) is 0 Å². The van der Waals surface area contributed by atoms with Gasteiger partial charge in [0.25, 0.3) is 0 Å². The molecule has 0 aromatic carbocycles. The fourth-order valence-electron chi connectivity index (χ4n) is 2.68. The van der Waals surface area contributed by atoms with E-state index >= 15 is 0 Å². The van der Waals surface area contributed by atoms with Crippen LogP contribution in [-0.2, 0) is 0 Å². The summed E-state index contributed by atoms with van der Waals surface area (Å²) in [6.07, 6.45) is 5.57. The summed E-state index contributed by atoms with van der Waals surface area (Å²) in [6, 6.07) is 1.56. The van der Waals surface area contributed by atoms with Crippen LogP contribution in [0.5, 0.6) is 0 Å². The first-order valence-corrected chi connectivity index (χ1v) is 7.60. The third-order valence-electron chi connectivity index (χ3n) is 3.58. The molecule has 2 unspecified atom stereocenters. The highest BCUT2D eigenvalue weighted by molar-refractivity contribution is 7.99. The minimum Gasteiger partial charge on any atom is -0.309 e. The first-order valence-electron chi connectivity index (χ1n) is 6.44. The maximum Gasteiger partial charge on any atom is 0.0198 e. The van der Waals surface area contributed by atoms with Crippen LogP contribution in [0.2, 0.25) is 0 Å². The molecule has 2 heterocycles. The summed E-state index contributed by atoms with van der Waals surface area (Å²) in [5.41, 5.74) is 0. The summed E-state index contributed by atoms with van der Waals surface area (Å²) in [4.78, 5) is 2.58. The molecule has 0 saturated carbocycles. The van der Waals surface area contributed by atoms with Crippen molar-refractivity contribution < 1.29 is 0 Å². The second-order valence-corrected chi connectivity index (χ2v) is 5.96. The lowest BCUT2D eigenvalue weighted by Gasteiger charge is -2.35. The molecule has 1 N–H and O–H groups in total. The van der Waals surface area contributed by atoms with Crippen LogP contribution in [0.15, 0.2) is 0 Å². The molecular weight excluding hydrogens is 204 g/mol. The van der Waals surface area contributed by atoms with Crippen molar-refractivity contribution >= 4 is 11.8 Å². The van der Waals surface area contributed by atoms with Crippen molar-refractivity contribution in [1.29, 1.82) is 0 Å². The third kappa shape index (κ3) is 3.65. The Kier molecular flexibility index (Phi) is 4.79. The van der Waals surface area contributed by atoms with E-state index in [9.17, 15) is 0 Å². The maximum absolute atomic E-state index is 3.86. The average molecular weight is 228 g/mol. The number of piperidine rings is 1. The van der Waals surface area contributed by atoms with Gasteiger partial charge in [-0.3, -0.25) is 0 Å². The summed E-state index contributed by atoms with van der Waals surface area (Å²) in [5, 5.41) is 3.86. The van der Waals surface area contributed by atoms with E-state index in [1.165, 1.54) is 56.8 Å². The highest BCUT2D eigenvalue weighted by atomic mass is 32.2. The Bertz CT molecular complexity index is 180. The Labute approximate surface area is 98.2 Å². The normalized spacial score (nSPS) is 34.2. The largest absolute Gasteiger partial charge is 0.309 e. The fraction of sp³-hybridized carbons (Fsp3) is 1.00. The van der Waals surface area contributed by atoms with Gasteiger partial charge in [-0.05, 0) is 44.5 Å². The van der Waals surface area contributed by atoms with Crippen molar-refractivity contribution in [2.75, 3.05) is 31.1 Å². The van der Waals surface area contributed by atoms with Gasteiger partial charge in [-0.1, -0.05) is 6.92 Å². The molecule has 0 aliphatic carbocycles. The van der Waals surface area contributed by atoms with Gasteiger partial charge in [-0.25, -0.2) is 0 Å². The van der Waals surface area contributed by atoms with Gasteiger partial charge in [-0.15, -0.1) is 0 Å². The molecule has 0 amide bonds.